The number of rotatable bonds is 4. The number of hydrogen-bond acceptors (Lipinski definition) is 7. The molecular formula is C34H31N3O6. The average Bonchev–Trinajstić information content (AvgIpc) is 3.36. The predicted octanol–water partition coefficient (Wildman–Crippen LogP) is 4.38. The lowest BCUT2D eigenvalue weighted by atomic mass is 9.49. The molecule has 7 rings (SSSR count). The van der Waals surface area contributed by atoms with Gasteiger partial charge in [0.2, 0.25) is 0 Å². The number of nitrogens with zero attached hydrogens (tertiary/aromatic N) is 2. The SMILES string of the molecule is Cc1ccc(NN2C(=O)[C@@H]3C[C@@H]4C(=CC[C@@H]5C(=O)N(O)C(=O)[C@@H]54)[C@H](c4ccc(O)c(C)c4)[C@]3(c3ccccc3)C2=O)cc1. The minimum absolute atomic E-state index is 0.100. The van der Waals surface area contributed by atoms with E-state index in [2.05, 4.69) is 5.43 Å². The van der Waals surface area contributed by atoms with E-state index in [-0.39, 0.29) is 23.7 Å². The van der Waals surface area contributed by atoms with Crippen molar-refractivity contribution in [1.29, 1.82) is 0 Å². The van der Waals surface area contributed by atoms with Crippen LogP contribution >= 0.6 is 0 Å². The maximum atomic E-state index is 14.9. The summed E-state index contributed by atoms with van der Waals surface area (Å²) in [4.78, 5) is 55.5. The highest BCUT2D eigenvalue weighted by atomic mass is 16.5. The largest absolute Gasteiger partial charge is 0.508 e. The third kappa shape index (κ3) is 3.74. The number of phenolic OH excluding ortho intramolecular Hbond substituents is 1. The minimum atomic E-state index is -1.38. The van der Waals surface area contributed by atoms with Crippen LogP contribution in [0.15, 0.2) is 84.4 Å². The van der Waals surface area contributed by atoms with Gasteiger partial charge in [0, 0.05) is 5.92 Å². The zero-order valence-electron chi connectivity index (χ0n) is 23.7. The number of imide groups is 2. The zero-order valence-corrected chi connectivity index (χ0v) is 23.7. The molecule has 3 fully saturated rings. The van der Waals surface area contributed by atoms with Crippen LogP contribution in [-0.4, -0.2) is 44.0 Å². The molecule has 0 bridgehead atoms. The topological polar surface area (TPSA) is 127 Å². The lowest BCUT2D eigenvalue weighted by molar-refractivity contribution is -0.173. The molecule has 6 atom stereocenters. The molecule has 2 saturated heterocycles. The average molecular weight is 578 g/mol. The van der Waals surface area contributed by atoms with E-state index in [1.165, 1.54) is 0 Å². The van der Waals surface area contributed by atoms with Crippen LogP contribution in [0.3, 0.4) is 0 Å². The van der Waals surface area contributed by atoms with Crippen molar-refractivity contribution in [3.63, 3.8) is 0 Å². The van der Waals surface area contributed by atoms with Gasteiger partial charge in [0.15, 0.2) is 0 Å². The Balaban J connectivity index is 1.47. The van der Waals surface area contributed by atoms with Crippen LogP contribution in [0.1, 0.15) is 41.0 Å². The van der Waals surface area contributed by atoms with Crippen molar-refractivity contribution in [2.24, 2.45) is 23.7 Å². The van der Waals surface area contributed by atoms with E-state index in [0.717, 1.165) is 21.7 Å². The molecule has 3 N–H and O–H groups in total. The third-order valence-corrected chi connectivity index (χ3v) is 9.92. The van der Waals surface area contributed by atoms with Crippen molar-refractivity contribution >= 4 is 29.3 Å². The Hall–Kier alpha value is -4.76. The summed E-state index contributed by atoms with van der Waals surface area (Å²) in [6, 6.07) is 21.8. The first-order chi connectivity index (χ1) is 20.6. The molecular weight excluding hydrogens is 546 g/mol. The monoisotopic (exact) mass is 577 g/mol. The van der Waals surface area contributed by atoms with E-state index in [1.54, 1.807) is 31.2 Å². The Labute approximate surface area is 248 Å². The lowest BCUT2D eigenvalue weighted by Crippen LogP contribution is -2.53. The first-order valence-electron chi connectivity index (χ1n) is 14.5. The van der Waals surface area contributed by atoms with E-state index in [1.807, 2.05) is 61.5 Å². The number of fused-ring (bicyclic) bond motifs is 4. The van der Waals surface area contributed by atoms with Gasteiger partial charge in [-0.25, -0.2) is 0 Å². The van der Waals surface area contributed by atoms with Crippen LogP contribution in [0, 0.1) is 37.5 Å². The fraction of sp³-hybridized carbons (Fsp3) is 0.294. The highest BCUT2D eigenvalue weighted by Gasteiger charge is 2.70. The van der Waals surface area contributed by atoms with Gasteiger partial charge in [-0.15, -0.1) is 0 Å². The summed E-state index contributed by atoms with van der Waals surface area (Å²) in [5.74, 6) is -5.73. The second-order valence-corrected chi connectivity index (χ2v) is 12.1. The second-order valence-electron chi connectivity index (χ2n) is 12.1. The van der Waals surface area contributed by atoms with Gasteiger partial charge in [-0.1, -0.05) is 71.8 Å². The smallest absolute Gasteiger partial charge is 0.260 e. The number of aromatic hydroxyl groups is 1. The first-order valence-corrected chi connectivity index (χ1v) is 14.5. The first kappa shape index (κ1) is 27.1. The quantitative estimate of drug-likeness (QED) is 0.239. The van der Waals surface area contributed by atoms with Crippen LogP contribution in [0.25, 0.3) is 0 Å². The molecule has 2 heterocycles. The van der Waals surface area contributed by atoms with Gasteiger partial charge >= 0.3 is 0 Å². The number of nitrogens with one attached hydrogen (secondary N) is 1. The molecule has 2 aliphatic carbocycles. The highest BCUT2D eigenvalue weighted by Crippen LogP contribution is 2.64. The molecule has 43 heavy (non-hydrogen) atoms. The molecule has 0 unspecified atom stereocenters. The summed E-state index contributed by atoms with van der Waals surface area (Å²) >= 11 is 0. The normalized spacial score (nSPS) is 29.7. The minimum Gasteiger partial charge on any atom is -0.508 e. The van der Waals surface area contributed by atoms with Crippen molar-refractivity contribution in [3.8, 4) is 5.75 Å². The van der Waals surface area contributed by atoms with E-state index in [4.69, 9.17) is 0 Å². The van der Waals surface area contributed by atoms with Gasteiger partial charge in [0.05, 0.1) is 28.9 Å². The van der Waals surface area contributed by atoms with Crippen LogP contribution in [0.4, 0.5) is 5.69 Å². The Morgan fingerprint density at radius 3 is 2.28 bits per heavy atom. The maximum absolute atomic E-state index is 14.9. The summed E-state index contributed by atoms with van der Waals surface area (Å²) in [5, 5.41) is 22.1. The Kier molecular flexibility index (Phi) is 6.07. The molecule has 4 amide bonds. The van der Waals surface area contributed by atoms with Gasteiger partial charge in [0.1, 0.15) is 5.75 Å². The van der Waals surface area contributed by atoms with Gasteiger partial charge in [0.25, 0.3) is 23.6 Å². The number of benzene rings is 3. The third-order valence-electron chi connectivity index (χ3n) is 9.92. The number of allylic oxidation sites excluding steroid dienone is 2. The van der Waals surface area contributed by atoms with Gasteiger partial charge < -0.3 is 5.11 Å². The molecule has 9 nitrogen and oxygen atoms in total. The molecule has 1 saturated carbocycles. The molecule has 0 radical (unpaired) electrons. The summed E-state index contributed by atoms with van der Waals surface area (Å²) in [7, 11) is 0. The van der Waals surface area contributed by atoms with E-state index in [0.29, 0.717) is 16.8 Å². The van der Waals surface area contributed by atoms with Crippen LogP contribution in [0.2, 0.25) is 0 Å². The van der Waals surface area contributed by atoms with Gasteiger partial charge in [-0.2, -0.15) is 10.1 Å². The lowest BCUT2D eigenvalue weighted by Gasteiger charge is -2.50. The highest BCUT2D eigenvalue weighted by molar-refractivity contribution is 6.13. The summed E-state index contributed by atoms with van der Waals surface area (Å²) in [6.45, 7) is 3.72. The number of amides is 4. The molecule has 3 aromatic rings. The van der Waals surface area contributed by atoms with Crippen molar-refractivity contribution < 1.29 is 29.5 Å². The molecule has 218 valence electrons. The number of carbonyl (C=O) groups excluding carboxylic acids is 4. The zero-order chi connectivity index (χ0) is 30.2. The van der Waals surface area contributed by atoms with Crippen molar-refractivity contribution in [2.45, 2.75) is 38.0 Å². The number of carbonyl (C=O) groups is 4. The fourth-order valence-electron chi connectivity index (χ4n) is 7.96. The van der Waals surface area contributed by atoms with Crippen molar-refractivity contribution in [2.75, 3.05) is 5.43 Å². The number of hydroxylamine groups is 2. The maximum Gasteiger partial charge on any atom is 0.260 e. The summed E-state index contributed by atoms with van der Waals surface area (Å²) in [6.07, 6.45) is 2.31. The number of aryl methyl sites for hydroxylation is 2. The molecule has 3 aromatic carbocycles. The molecule has 2 aliphatic heterocycles. The number of hydrogen-bond donors (Lipinski definition) is 3. The Morgan fingerprint density at radius 1 is 0.860 bits per heavy atom. The number of hydrazine groups is 1. The van der Waals surface area contributed by atoms with E-state index in [9.17, 15) is 29.5 Å². The molecule has 4 aliphatic rings. The fourth-order valence-corrected chi connectivity index (χ4v) is 7.96. The molecule has 0 aromatic heterocycles. The summed E-state index contributed by atoms with van der Waals surface area (Å²) in [5.41, 5.74) is 6.08. The Morgan fingerprint density at radius 2 is 1.58 bits per heavy atom. The second kappa shape index (κ2) is 9.64. The van der Waals surface area contributed by atoms with E-state index >= 15 is 0 Å². The van der Waals surface area contributed by atoms with Crippen LogP contribution in [0.5, 0.6) is 5.75 Å². The van der Waals surface area contributed by atoms with E-state index < -0.39 is 58.6 Å². The number of anilines is 1. The van der Waals surface area contributed by atoms with Gasteiger partial charge in [-0.3, -0.25) is 29.8 Å². The van der Waals surface area contributed by atoms with Gasteiger partial charge in [-0.05, 0) is 67.5 Å². The predicted molar refractivity (Wildman–Crippen MR) is 155 cm³/mol. The van der Waals surface area contributed by atoms with Crippen LogP contribution < -0.4 is 5.43 Å². The summed E-state index contributed by atoms with van der Waals surface area (Å²) < 4.78 is 0. The number of phenols is 1. The molecule has 9 heteroatoms. The molecule has 0 spiro atoms. The Bertz CT molecular complexity index is 1720. The van der Waals surface area contributed by atoms with Crippen molar-refractivity contribution in [3.05, 3.63) is 107 Å². The standard InChI is InChI=1S/C34H31N3O6/c1-18-8-11-22(12-9-18)35-36-31(40)26-17-25-23(13-14-24-28(25)32(41)37(43)30(24)39)29(20-10-15-27(38)19(2)16-20)34(26,33(36)42)21-6-4-3-5-7-21/h3-13,15-16,24-26,28-29,35,38,43H,14,17H2,1-2H3/t24-,25+,26-,28-,29-,34+/m0/s1. The van der Waals surface area contributed by atoms with Crippen LogP contribution in [-0.2, 0) is 24.6 Å². The van der Waals surface area contributed by atoms with Crippen molar-refractivity contribution in [1.82, 2.24) is 10.1 Å².